The Kier molecular flexibility index (Phi) is 8.36. The lowest BCUT2D eigenvalue weighted by Crippen LogP contribution is -2.70. The second-order valence-corrected chi connectivity index (χ2v) is 15.7. The molecule has 0 bridgehead atoms. The zero-order valence-corrected chi connectivity index (χ0v) is 26.1. The van der Waals surface area contributed by atoms with Crippen molar-refractivity contribution in [1.82, 2.24) is 0 Å². The van der Waals surface area contributed by atoms with Crippen molar-refractivity contribution >= 4 is 39.8 Å². The number of nitriles is 1. The lowest BCUT2D eigenvalue weighted by molar-refractivity contribution is -0.210. The Morgan fingerprint density at radius 2 is 1.44 bits per heavy atom. The molecule has 3 aliphatic rings. The monoisotopic (exact) mass is 627 g/mol. The minimum atomic E-state index is -2.97. The quantitative estimate of drug-likeness (QED) is 0.129. The maximum Gasteiger partial charge on any atom is 0.288 e. The van der Waals surface area contributed by atoms with Crippen LogP contribution >= 0.6 is 15.9 Å². The summed E-state index contributed by atoms with van der Waals surface area (Å²) in [7, 11) is -2.97. The zero-order valence-electron chi connectivity index (χ0n) is 23.5. The molecule has 2 aliphatic carbocycles. The van der Waals surface area contributed by atoms with Crippen LogP contribution < -0.4 is 15.6 Å². The Hall–Kier alpha value is -2.53. The van der Waals surface area contributed by atoms with Crippen molar-refractivity contribution in [2.75, 3.05) is 18.5 Å². The van der Waals surface area contributed by atoms with Crippen LogP contribution in [0, 0.1) is 28.6 Å². The van der Waals surface area contributed by atoms with Gasteiger partial charge in [-0.05, 0) is 52.2 Å². The predicted octanol–water partition coefficient (Wildman–Crippen LogP) is 5.84. The van der Waals surface area contributed by atoms with E-state index in [4.69, 9.17) is 13.9 Å². The van der Waals surface area contributed by atoms with E-state index in [1.807, 2.05) is 0 Å². The van der Waals surface area contributed by atoms with Crippen molar-refractivity contribution in [2.24, 2.45) is 17.3 Å². The molecule has 3 aromatic carbocycles. The van der Waals surface area contributed by atoms with Gasteiger partial charge in [0.25, 0.3) is 8.32 Å². The zero-order chi connectivity index (χ0) is 28.3. The van der Waals surface area contributed by atoms with E-state index < -0.39 is 14.1 Å². The number of ether oxygens (including phenoxy) is 2. The highest BCUT2D eigenvalue weighted by Gasteiger charge is 2.64. The van der Waals surface area contributed by atoms with Crippen LogP contribution in [-0.2, 0) is 13.9 Å². The predicted molar refractivity (Wildman–Crippen MR) is 169 cm³/mol. The van der Waals surface area contributed by atoms with Gasteiger partial charge in [0.2, 0.25) is 0 Å². The molecule has 0 N–H and O–H groups in total. The highest BCUT2D eigenvalue weighted by Crippen LogP contribution is 2.63. The van der Waals surface area contributed by atoms with E-state index in [0.717, 1.165) is 44.1 Å². The van der Waals surface area contributed by atoms with E-state index in [9.17, 15) is 5.26 Å². The van der Waals surface area contributed by atoms with Crippen LogP contribution in [0.25, 0.3) is 0 Å². The first-order chi connectivity index (χ1) is 20.1. The minimum absolute atomic E-state index is 0.0340. The van der Waals surface area contributed by atoms with E-state index >= 15 is 0 Å². The molecule has 4 atom stereocenters. The first kappa shape index (κ1) is 28.6. The average molecular weight is 629 g/mol. The number of fused-ring (bicyclic) bond motifs is 2. The molecular weight excluding hydrogens is 590 g/mol. The SMILES string of the molecule is C=C(CBr)[C@H](C[C@@]12CCC[C@@H](C#N)[C@@H]1C1(CC2)OCCO1)O[Si](c1ccccc1)(c1ccccc1)c1ccccc1. The van der Waals surface area contributed by atoms with Crippen molar-refractivity contribution < 1.29 is 13.9 Å². The third-order valence-electron chi connectivity index (χ3n) is 9.72. The van der Waals surface area contributed by atoms with Gasteiger partial charge in [-0.2, -0.15) is 5.26 Å². The Bertz CT molecular complexity index is 1280. The lowest BCUT2D eigenvalue weighted by atomic mass is 9.60. The number of hydrogen-bond donors (Lipinski definition) is 0. The molecule has 0 aromatic heterocycles. The van der Waals surface area contributed by atoms with Crippen LogP contribution in [0.5, 0.6) is 0 Å². The van der Waals surface area contributed by atoms with Gasteiger partial charge >= 0.3 is 0 Å². The summed E-state index contributed by atoms with van der Waals surface area (Å²) in [5.74, 6) is -0.693. The first-order valence-electron chi connectivity index (χ1n) is 14.8. The van der Waals surface area contributed by atoms with Crippen LogP contribution in [0.15, 0.2) is 103 Å². The molecule has 6 rings (SSSR count). The molecule has 1 heterocycles. The number of alkyl halides is 1. The standard InChI is InChI=1S/C35H38BrNO3Si/c1-27(25-36)32(24-34-19-11-12-28(26-37)33(34)35(21-20-34)38-22-23-39-35)40-41(29-13-5-2-6-14-29,30-15-7-3-8-16-30)31-17-9-4-10-18-31/h2-10,13-18,28,32-33H,1,11-12,19-25H2/t28-,32-,33-,34-/m0/s1. The maximum absolute atomic E-state index is 10.3. The molecule has 212 valence electrons. The molecule has 1 spiro atoms. The Labute approximate surface area is 253 Å². The van der Waals surface area contributed by atoms with Crippen molar-refractivity contribution in [1.29, 1.82) is 5.26 Å². The minimum Gasteiger partial charge on any atom is -0.397 e. The average Bonchev–Trinajstić information content (AvgIpc) is 3.65. The molecular formula is C35H38BrNO3Si. The summed E-state index contributed by atoms with van der Waals surface area (Å²) in [6.45, 7) is 5.77. The highest BCUT2D eigenvalue weighted by atomic mass is 79.9. The number of rotatable bonds is 9. The van der Waals surface area contributed by atoms with Crippen molar-refractivity contribution in [3.05, 3.63) is 103 Å². The summed E-state index contributed by atoms with van der Waals surface area (Å²) in [5.41, 5.74) is 0.925. The van der Waals surface area contributed by atoms with Gasteiger partial charge in [-0.3, -0.25) is 0 Å². The van der Waals surface area contributed by atoms with Crippen molar-refractivity contribution in [2.45, 2.75) is 50.4 Å². The van der Waals surface area contributed by atoms with E-state index in [0.29, 0.717) is 18.5 Å². The van der Waals surface area contributed by atoms with Crippen molar-refractivity contribution in [3.63, 3.8) is 0 Å². The van der Waals surface area contributed by atoms with E-state index in [1.165, 1.54) is 15.6 Å². The molecule has 2 saturated carbocycles. The van der Waals surface area contributed by atoms with Crippen molar-refractivity contribution in [3.8, 4) is 6.07 Å². The maximum atomic E-state index is 10.3. The number of hydrogen-bond acceptors (Lipinski definition) is 4. The molecule has 1 aliphatic heterocycles. The molecule has 41 heavy (non-hydrogen) atoms. The van der Waals surface area contributed by atoms with Gasteiger partial charge in [-0.15, -0.1) is 0 Å². The lowest BCUT2D eigenvalue weighted by Gasteiger charge is -2.48. The van der Waals surface area contributed by atoms with Crippen LogP contribution in [0.3, 0.4) is 0 Å². The molecule has 0 radical (unpaired) electrons. The molecule has 1 saturated heterocycles. The Balaban J connectivity index is 1.48. The van der Waals surface area contributed by atoms with E-state index in [-0.39, 0.29) is 23.4 Å². The van der Waals surface area contributed by atoms with Crippen LogP contribution in [0.1, 0.15) is 38.5 Å². The number of nitrogens with zero attached hydrogens (tertiary/aromatic N) is 1. The third-order valence-corrected chi connectivity index (χ3v) is 14.5. The fourth-order valence-corrected chi connectivity index (χ4v) is 12.4. The van der Waals surface area contributed by atoms with E-state index in [1.54, 1.807) is 0 Å². The fourth-order valence-electron chi connectivity index (χ4n) is 7.98. The Morgan fingerprint density at radius 1 is 0.902 bits per heavy atom. The number of halogens is 1. The van der Waals surface area contributed by atoms with Gasteiger partial charge in [-0.1, -0.05) is 120 Å². The molecule has 4 nitrogen and oxygen atoms in total. The Morgan fingerprint density at radius 3 is 1.93 bits per heavy atom. The summed E-state index contributed by atoms with van der Waals surface area (Å²) in [5, 5.41) is 14.6. The first-order valence-corrected chi connectivity index (χ1v) is 17.9. The van der Waals surface area contributed by atoms with Crippen LogP contribution in [-0.4, -0.2) is 38.8 Å². The van der Waals surface area contributed by atoms with Gasteiger partial charge in [-0.25, -0.2) is 0 Å². The smallest absolute Gasteiger partial charge is 0.288 e. The summed E-state index contributed by atoms with van der Waals surface area (Å²) >= 11 is 3.75. The molecule has 6 heteroatoms. The summed E-state index contributed by atoms with van der Waals surface area (Å²) in [6, 6.07) is 34.9. The van der Waals surface area contributed by atoms with Gasteiger partial charge in [0.05, 0.1) is 31.3 Å². The molecule has 0 unspecified atom stereocenters. The summed E-state index contributed by atoms with van der Waals surface area (Å²) < 4.78 is 20.5. The van der Waals surface area contributed by atoms with Gasteiger partial charge in [0.1, 0.15) is 0 Å². The largest absolute Gasteiger partial charge is 0.397 e. The summed E-state index contributed by atoms with van der Waals surface area (Å²) in [6.07, 6.45) is 5.39. The van der Waals surface area contributed by atoms with E-state index in [2.05, 4.69) is 120 Å². The fraction of sp³-hybridized carbons (Fsp3) is 0.400. The van der Waals surface area contributed by atoms with Crippen LogP contribution in [0.2, 0.25) is 0 Å². The summed E-state index contributed by atoms with van der Waals surface area (Å²) in [4.78, 5) is 0. The second kappa shape index (κ2) is 12.0. The molecule has 0 amide bonds. The number of benzene rings is 3. The van der Waals surface area contributed by atoms with Gasteiger partial charge < -0.3 is 13.9 Å². The highest BCUT2D eigenvalue weighted by molar-refractivity contribution is 9.09. The second-order valence-electron chi connectivity index (χ2n) is 11.9. The normalized spacial score (nSPS) is 25.9. The van der Waals surface area contributed by atoms with Gasteiger partial charge in [0, 0.05) is 17.7 Å². The molecule has 3 fully saturated rings. The van der Waals surface area contributed by atoms with Crippen LogP contribution in [0.4, 0.5) is 0 Å². The third kappa shape index (κ3) is 5.06. The molecule has 3 aromatic rings. The topological polar surface area (TPSA) is 51.5 Å². The van der Waals surface area contributed by atoms with Gasteiger partial charge in [0.15, 0.2) is 5.79 Å².